The number of esters is 1. The fraction of sp³-hybridized carbons (Fsp3) is 0.567. The van der Waals surface area contributed by atoms with Crippen LogP contribution in [0.5, 0.6) is 5.75 Å². The molecule has 1 aromatic carbocycles. The van der Waals surface area contributed by atoms with E-state index in [4.69, 9.17) is 14.2 Å². The van der Waals surface area contributed by atoms with Gasteiger partial charge in [-0.25, -0.2) is 4.79 Å². The summed E-state index contributed by atoms with van der Waals surface area (Å²) in [5, 5.41) is 19.8. The molecule has 0 aliphatic heterocycles. The largest absolute Gasteiger partial charge is 0.467 e. The van der Waals surface area contributed by atoms with Crippen molar-refractivity contribution >= 4 is 5.97 Å². The van der Waals surface area contributed by atoms with E-state index in [2.05, 4.69) is 39.0 Å². The van der Waals surface area contributed by atoms with Gasteiger partial charge < -0.3 is 24.4 Å². The van der Waals surface area contributed by atoms with Crippen LogP contribution in [0.1, 0.15) is 89.1 Å². The predicted octanol–water partition coefficient (Wildman–Crippen LogP) is 6.31. The van der Waals surface area contributed by atoms with E-state index in [1.54, 1.807) is 33.1 Å². The van der Waals surface area contributed by atoms with Crippen molar-refractivity contribution in [2.45, 2.75) is 91.3 Å². The lowest BCUT2D eigenvalue weighted by Gasteiger charge is -2.24. The number of allylic oxidation sites excluding steroid dienone is 6. The number of carbonyl (C=O) groups excluding carboxylic acids is 1. The minimum atomic E-state index is -1.06. The summed E-state index contributed by atoms with van der Waals surface area (Å²) < 4.78 is 15.5. The molecular formula is C30H46O6. The molecule has 0 aliphatic rings. The number of aliphatic hydroxyl groups excluding tert-OH is 1. The smallest absolute Gasteiger partial charge is 0.337 e. The number of ether oxygens (including phenoxy) is 3. The zero-order valence-corrected chi connectivity index (χ0v) is 23.2. The van der Waals surface area contributed by atoms with E-state index in [1.165, 1.54) is 23.8 Å². The van der Waals surface area contributed by atoms with Crippen molar-refractivity contribution in [2.75, 3.05) is 21.0 Å². The molecule has 0 aromatic heterocycles. The van der Waals surface area contributed by atoms with Gasteiger partial charge in [0.2, 0.25) is 0 Å². The summed E-state index contributed by atoms with van der Waals surface area (Å²) in [5.41, 5.74) is 4.25. The summed E-state index contributed by atoms with van der Waals surface area (Å²) in [6.07, 6.45) is 11.9. The van der Waals surface area contributed by atoms with Gasteiger partial charge in [0.15, 0.2) is 6.79 Å². The number of aliphatic hydroxyl groups is 2. The van der Waals surface area contributed by atoms with Crippen molar-refractivity contribution in [1.29, 1.82) is 0 Å². The Balaban J connectivity index is 2.56. The third-order valence-corrected chi connectivity index (χ3v) is 6.17. The van der Waals surface area contributed by atoms with Crippen molar-refractivity contribution in [3.63, 3.8) is 0 Å². The minimum absolute atomic E-state index is 0.148. The van der Waals surface area contributed by atoms with Gasteiger partial charge in [-0.2, -0.15) is 0 Å². The number of hydrogen-bond acceptors (Lipinski definition) is 6. The third-order valence-electron chi connectivity index (χ3n) is 6.17. The van der Waals surface area contributed by atoms with E-state index in [-0.39, 0.29) is 12.8 Å². The fourth-order valence-corrected chi connectivity index (χ4v) is 3.65. The highest BCUT2D eigenvalue weighted by Crippen LogP contribution is 2.23. The molecule has 0 saturated carbocycles. The zero-order chi connectivity index (χ0) is 27.1. The number of hydrogen-bond donors (Lipinski definition) is 2. The number of methoxy groups -OCH3 is 2. The molecule has 1 aromatic rings. The van der Waals surface area contributed by atoms with E-state index in [0.717, 1.165) is 37.7 Å². The number of carbonyl (C=O) groups is 1. The molecule has 0 heterocycles. The molecule has 6 nitrogen and oxygen atoms in total. The summed E-state index contributed by atoms with van der Waals surface area (Å²) >= 11 is 0. The van der Waals surface area contributed by atoms with Gasteiger partial charge in [-0.3, -0.25) is 0 Å². The second kappa shape index (κ2) is 16.4. The summed E-state index contributed by atoms with van der Waals surface area (Å²) in [6.45, 7) is 9.79. The van der Waals surface area contributed by atoms with Gasteiger partial charge in [0.05, 0.1) is 24.4 Å². The van der Waals surface area contributed by atoms with Crippen molar-refractivity contribution in [3.05, 3.63) is 64.3 Å². The molecule has 0 spiro atoms. The molecular weight excluding hydrogens is 456 g/mol. The molecule has 0 aliphatic carbocycles. The van der Waals surface area contributed by atoms with Crippen LogP contribution in [0, 0.1) is 0 Å². The minimum Gasteiger partial charge on any atom is -0.467 e. The van der Waals surface area contributed by atoms with Gasteiger partial charge in [0, 0.05) is 7.11 Å². The van der Waals surface area contributed by atoms with Crippen molar-refractivity contribution < 1.29 is 29.2 Å². The van der Waals surface area contributed by atoms with Gasteiger partial charge in [-0.05, 0) is 103 Å². The highest BCUT2D eigenvalue weighted by atomic mass is 16.7. The van der Waals surface area contributed by atoms with Crippen LogP contribution < -0.4 is 4.74 Å². The first-order valence-corrected chi connectivity index (χ1v) is 12.7. The van der Waals surface area contributed by atoms with Crippen molar-refractivity contribution in [1.82, 2.24) is 0 Å². The SMILES string of the molecule is COCOc1ccc(C(=O)OC)cc1C/C=C(\C)CC/C=C(\C)CC/C=C(\C)CC[C@@H](O)C(C)(C)O. The van der Waals surface area contributed by atoms with Crippen LogP contribution in [0.25, 0.3) is 0 Å². The molecule has 0 radical (unpaired) electrons. The average Bonchev–Trinajstić information content (AvgIpc) is 2.83. The Morgan fingerprint density at radius 3 is 2.11 bits per heavy atom. The molecule has 0 bridgehead atoms. The first-order valence-electron chi connectivity index (χ1n) is 12.7. The average molecular weight is 503 g/mol. The Morgan fingerprint density at radius 2 is 1.56 bits per heavy atom. The normalized spacial score (nSPS) is 14.1. The Morgan fingerprint density at radius 1 is 0.972 bits per heavy atom. The van der Waals surface area contributed by atoms with Crippen LogP contribution >= 0.6 is 0 Å². The van der Waals surface area contributed by atoms with Crippen molar-refractivity contribution in [2.24, 2.45) is 0 Å². The molecule has 0 unspecified atom stereocenters. The molecule has 0 saturated heterocycles. The van der Waals surface area contributed by atoms with E-state index in [1.807, 2.05) is 6.07 Å². The molecule has 1 atom stereocenters. The summed E-state index contributed by atoms with van der Waals surface area (Å²) in [5.74, 6) is 0.329. The van der Waals surface area contributed by atoms with Crippen LogP contribution in [0.15, 0.2) is 53.1 Å². The summed E-state index contributed by atoms with van der Waals surface area (Å²) in [4.78, 5) is 11.9. The molecule has 1 rings (SSSR count). The Hall–Kier alpha value is -2.41. The summed E-state index contributed by atoms with van der Waals surface area (Å²) in [7, 11) is 2.95. The maximum Gasteiger partial charge on any atom is 0.337 e. The van der Waals surface area contributed by atoms with E-state index in [0.29, 0.717) is 24.2 Å². The van der Waals surface area contributed by atoms with Crippen LogP contribution in [0.3, 0.4) is 0 Å². The lowest BCUT2D eigenvalue weighted by molar-refractivity contribution is -0.0509. The van der Waals surface area contributed by atoms with Crippen LogP contribution in [0.4, 0.5) is 0 Å². The van der Waals surface area contributed by atoms with E-state index in [9.17, 15) is 15.0 Å². The highest BCUT2D eigenvalue weighted by Gasteiger charge is 2.23. The van der Waals surface area contributed by atoms with Crippen molar-refractivity contribution in [3.8, 4) is 5.75 Å². The molecule has 0 fully saturated rings. The Bertz CT molecular complexity index is 905. The molecule has 36 heavy (non-hydrogen) atoms. The molecule has 202 valence electrons. The standard InChI is InChI=1S/C30H46O6/c1-22(11-9-13-24(3)15-19-28(31)30(4,5)33)10-8-12-23(2)14-16-25-20-26(29(32)35-7)17-18-27(25)36-21-34-6/h10,13-14,17-18,20,28,31,33H,8-9,11-12,15-16,19,21H2,1-7H3/b22-10+,23-14+,24-13+/t28-/m1/s1. The maximum atomic E-state index is 11.9. The second-order valence-corrected chi connectivity index (χ2v) is 10.0. The quantitative estimate of drug-likeness (QED) is 0.157. The predicted molar refractivity (Wildman–Crippen MR) is 145 cm³/mol. The molecule has 6 heteroatoms. The van der Waals surface area contributed by atoms with Gasteiger partial charge >= 0.3 is 5.97 Å². The Kier molecular flexibility index (Phi) is 14.4. The maximum absolute atomic E-state index is 11.9. The summed E-state index contributed by atoms with van der Waals surface area (Å²) in [6, 6.07) is 5.29. The topological polar surface area (TPSA) is 85.2 Å². The zero-order valence-electron chi connectivity index (χ0n) is 23.2. The highest BCUT2D eigenvalue weighted by molar-refractivity contribution is 5.89. The first-order chi connectivity index (χ1) is 17.0. The van der Waals surface area contributed by atoms with Crippen LogP contribution in [-0.4, -0.2) is 48.9 Å². The first kappa shape index (κ1) is 31.6. The van der Waals surface area contributed by atoms with Gasteiger partial charge in [0.25, 0.3) is 0 Å². The van der Waals surface area contributed by atoms with E-state index >= 15 is 0 Å². The lowest BCUT2D eigenvalue weighted by atomic mass is 9.95. The Labute approximate surface area is 217 Å². The van der Waals surface area contributed by atoms with Gasteiger partial charge in [0.1, 0.15) is 5.75 Å². The van der Waals surface area contributed by atoms with Crippen LogP contribution in [-0.2, 0) is 15.9 Å². The monoisotopic (exact) mass is 502 g/mol. The second-order valence-electron chi connectivity index (χ2n) is 10.0. The lowest BCUT2D eigenvalue weighted by Crippen LogP contribution is -2.35. The fourth-order valence-electron chi connectivity index (χ4n) is 3.65. The van der Waals surface area contributed by atoms with Gasteiger partial charge in [-0.1, -0.05) is 34.9 Å². The molecule has 2 N–H and O–H groups in total. The molecule has 0 amide bonds. The number of rotatable bonds is 16. The van der Waals surface area contributed by atoms with Gasteiger partial charge in [-0.15, -0.1) is 0 Å². The third kappa shape index (κ3) is 12.5. The van der Waals surface area contributed by atoms with E-state index < -0.39 is 11.7 Å². The van der Waals surface area contributed by atoms with Crippen LogP contribution in [0.2, 0.25) is 0 Å². The number of benzene rings is 1.